The number of rotatable bonds is 4. The van der Waals surface area contributed by atoms with E-state index in [0.29, 0.717) is 5.56 Å². The van der Waals surface area contributed by atoms with Gasteiger partial charge in [0.2, 0.25) is 0 Å². The molecule has 0 fully saturated rings. The highest BCUT2D eigenvalue weighted by Gasteiger charge is 2.30. The van der Waals surface area contributed by atoms with Crippen molar-refractivity contribution < 1.29 is 28.0 Å². The van der Waals surface area contributed by atoms with Crippen LogP contribution in [0.25, 0.3) is 0 Å². The molecule has 2 aromatic carbocycles. The van der Waals surface area contributed by atoms with Gasteiger partial charge >= 0.3 is 13.3 Å². The average Bonchev–Trinajstić information content (AvgIpc) is 2.45. The Morgan fingerprint density at radius 3 is 2.38 bits per heavy atom. The molecule has 110 valence electrons. The van der Waals surface area contributed by atoms with Crippen LogP contribution in [-0.4, -0.2) is 17.2 Å². The SMILES string of the molecule is OB(O)c1ccccc1OCc1cccc(C(F)(F)F)c1. The van der Waals surface area contributed by atoms with Crippen LogP contribution in [0.15, 0.2) is 48.5 Å². The van der Waals surface area contributed by atoms with Crippen LogP contribution < -0.4 is 10.2 Å². The standard InChI is InChI=1S/C14H12BF3O3/c16-14(17,18)11-5-3-4-10(8-11)9-21-13-7-2-1-6-12(13)15(19)20/h1-8,19-20H,9H2. The van der Waals surface area contributed by atoms with Crippen molar-refractivity contribution in [3.63, 3.8) is 0 Å². The minimum absolute atomic E-state index is 0.104. The number of benzene rings is 2. The maximum absolute atomic E-state index is 12.6. The van der Waals surface area contributed by atoms with Crippen molar-refractivity contribution in [2.45, 2.75) is 12.8 Å². The van der Waals surface area contributed by atoms with E-state index in [0.717, 1.165) is 12.1 Å². The summed E-state index contributed by atoms with van der Waals surface area (Å²) in [6, 6.07) is 11.0. The Labute approximate surface area is 119 Å². The zero-order chi connectivity index (χ0) is 15.5. The van der Waals surface area contributed by atoms with Gasteiger partial charge in [0.1, 0.15) is 12.4 Å². The molecule has 0 aliphatic rings. The Balaban J connectivity index is 2.14. The molecular weight excluding hydrogens is 284 g/mol. The van der Waals surface area contributed by atoms with Gasteiger partial charge in [-0.2, -0.15) is 13.2 Å². The van der Waals surface area contributed by atoms with Gasteiger partial charge in [-0.05, 0) is 23.8 Å². The van der Waals surface area contributed by atoms with Gasteiger partial charge < -0.3 is 14.8 Å². The average molecular weight is 296 g/mol. The van der Waals surface area contributed by atoms with Gasteiger partial charge in [0.25, 0.3) is 0 Å². The van der Waals surface area contributed by atoms with E-state index in [-0.39, 0.29) is 17.8 Å². The number of halogens is 3. The van der Waals surface area contributed by atoms with Crippen LogP contribution in [0.3, 0.4) is 0 Å². The van der Waals surface area contributed by atoms with Gasteiger partial charge in [-0.25, -0.2) is 0 Å². The highest BCUT2D eigenvalue weighted by atomic mass is 19.4. The normalized spacial score (nSPS) is 11.3. The highest BCUT2D eigenvalue weighted by molar-refractivity contribution is 6.59. The van der Waals surface area contributed by atoms with Crippen LogP contribution in [-0.2, 0) is 12.8 Å². The summed E-state index contributed by atoms with van der Waals surface area (Å²) in [4.78, 5) is 0. The predicted octanol–water partition coefficient (Wildman–Crippen LogP) is 1.96. The fourth-order valence-electron chi connectivity index (χ4n) is 1.82. The maximum Gasteiger partial charge on any atom is 0.492 e. The molecular formula is C14H12BF3O3. The molecule has 0 spiro atoms. The summed E-state index contributed by atoms with van der Waals surface area (Å²) in [5.74, 6) is 0.213. The van der Waals surface area contributed by atoms with E-state index in [1.54, 1.807) is 12.1 Å². The lowest BCUT2D eigenvalue weighted by Gasteiger charge is -2.12. The smallest absolute Gasteiger partial charge is 0.489 e. The lowest BCUT2D eigenvalue weighted by Crippen LogP contribution is -2.31. The molecule has 2 aromatic rings. The summed E-state index contributed by atoms with van der Waals surface area (Å²) < 4.78 is 43.1. The largest absolute Gasteiger partial charge is 0.492 e. The first-order chi connectivity index (χ1) is 9.88. The van der Waals surface area contributed by atoms with E-state index >= 15 is 0 Å². The van der Waals surface area contributed by atoms with E-state index in [1.807, 2.05) is 0 Å². The minimum atomic E-state index is -4.41. The van der Waals surface area contributed by atoms with E-state index in [2.05, 4.69) is 0 Å². The number of alkyl halides is 3. The van der Waals surface area contributed by atoms with Gasteiger partial charge in [0.15, 0.2) is 0 Å². The number of para-hydroxylation sites is 1. The maximum atomic E-state index is 12.6. The van der Waals surface area contributed by atoms with Gasteiger partial charge in [-0.1, -0.05) is 30.3 Å². The van der Waals surface area contributed by atoms with Crippen LogP contribution in [0.1, 0.15) is 11.1 Å². The molecule has 3 nitrogen and oxygen atoms in total. The number of ether oxygens (including phenoxy) is 1. The molecule has 0 amide bonds. The van der Waals surface area contributed by atoms with Gasteiger partial charge in [0, 0.05) is 5.46 Å². The Kier molecular flexibility index (Phi) is 4.54. The second-order valence-electron chi connectivity index (χ2n) is 4.40. The van der Waals surface area contributed by atoms with Crippen LogP contribution >= 0.6 is 0 Å². The molecule has 0 bridgehead atoms. The molecule has 0 aromatic heterocycles. The molecule has 21 heavy (non-hydrogen) atoms. The van der Waals surface area contributed by atoms with Crippen molar-refractivity contribution in [1.82, 2.24) is 0 Å². The Bertz CT molecular complexity index is 614. The quantitative estimate of drug-likeness (QED) is 0.848. The molecule has 2 rings (SSSR count). The summed E-state index contributed by atoms with van der Waals surface area (Å²) in [5, 5.41) is 18.4. The van der Waals surface area contributed by atoms with E-state index in [1.165, 1.54) is 24.3 Å². The molecule has 0 radical (unpaired) electrons. The van der Waals surface area contributed by atoms with Crippen molar-refractivity contribution >= 4 is 12.6 Å². The summed E-state index contributed by atoms with van der Waals surface area (Å²) >= 11 is 0. The molecule has 0 saturated carbocycles. The molecule has 0 saturated heterocycles. The van der Waals surface area contributed by atoms with Crippen molar-refractivity contribution in [2.24, 2.45) is 0 Å². The predicted molar refractivity (Wildman–Crippen MR) is 72.0 cm³/mol. The first-order valence-electron chi connectivity index (χ1n) is 6.12. The Morgan fingerprint density at radius 1 is 1.00 bits per heavy atom. The Morgan fingerprint density at radius 2 is 1.71 bits per heavy atom. The third-order valence-electron chi connectivity index (χ3n) is 2.85. The van der Waals surface area contributed by atoms with Crippen molar-refractivity contribution in [3.05, 3.63) is 59.7 Å². The Hall–Kier alpha value is -1.99. The molecule has 0 aliphatic heterocycles. The number of hydrogen-bond donors (Lipinski definition) is 2. The molecule has 0 heterocycles. The van der Waals surface area contributed by atoms with E-state index < -0.39 is 18.9 Å². The van der Waals surface area contributed by atoms with Crippen LogP contribution in [0.2, 0.25) is 0 Å². The first kappa shape index (κ1) is 15.4. The van der Waals surface area contributed by atoms with Gasteiger partial charge in [0.05, 0.1) is 5.56 Å². The summed E-state index contributed by atoms with van der Waals surface area (Å²) in [6.45, 7) is -0.104. The van der Waals surface area contributed by atoms with Crippen molar-refractivity contribution in [2.75, 3.05) is 0 Å². The third kappa shape index (κ3) is 3.99. The van der Waals surface area contributed by atoms with Crippen LogP contribution in [0, 0.1) is 0 Å². The molecule has 0 atom stereocenters. The summed E-state index contributed by atoms with van der Waals surface area (Å²) in [7, 11) is -1.71. The lowest BCUT2D eigenvalue weighted by molar-refractivity contribution is -0.137. The molecule has 7 heteroatoms. The molecule has 0 unspecified atom stereocenters. The second kappa shape index (κ2) is 6.20. The van der Waals surface area contributed by atoms with Gasteiger partial charge in [-0.3, -0.25) is 0 Å². The third-order valence-corrected chi connectivity index (χ3v) is 2.85. The fourth-order valence-corrected chi connectivity index (χ4v) is 1.82. The zero-order valence-corrected chi connectivity index (χ0v) is 10.8. The van der Waals surface area contributed by atoms with Crippen molar-refractivity contribution in [3.8, 4) is 5.75 Å². The van der Waals surface area contributed by atoms with E-state index in [9.17, 15) is 23.2 Å². The topological polar surface area (TPSA) is 49.7 Å². The second-order valence-corrected chi connectivity index (χ2v) is 4.40. The number of hydrogen-bond acceptors (Lipinski definition) is 3. The zero-order valence-electron chi connectivity index (χ0n) is 10.8. The lowest BCUT2D eigenvalue weighted by atomic mass is 9.79. The fraction of sp³-hybridized carbons (Fsp3) is 0.143. The van der Waals surface area contributed by atoms with E-state index in [4.69, 9.17) is 4.74 Å². The monoisotopic (exact) mass is 296 g/mol. The molecule has 0 aliphatic carbocycles. The minimum Gasteiger partial charge on any atom is -0.489 e. The molecule has 2 N–H and O–H groups in total. The highest BCUT2D eigenvalue weighted by Crippen LogP contribution is 2.29. The van der Waals surface area contributed by atoms with Crippen LogP contribution in [0.5, 0.6) is 5.75 Å². The van der Waals surface area contributed by atoms with Gasteiger partial charge in [-0.15, -0.1) is 0 Å². The first-order valence-corrected chi connectivity index (χ1v) is 6.12. The van der Waals surface area contributed by atoms with Crippen LogP contribution in [0.4, 0.5) is 13.2 Å². The summed E-state index contributed by atoms with van der Waals surface area (Å²) in [5.41, 5.74) is -0.254. The van der Waals surface area contributed by atoms with Crippen molar-refractivity contribution in [1.29, 1.82) is 0 Å². The summed E-state index contributed by atoms with van der Waals surface area (Å²) in [6.07, 6.45) is -4.41.